The lowest BCUT2D eigenvalue weighted by Gasteiger charge is -2.03. The van der Waals surface area contributed by atoms with Gasteiger partial charge in [-0.3, -0.25) is 0 Å². The highest BCUT2D eigenvalue weighted by molar-refractivity contribution is 6.30. The Morgan fingerprint density at radius 3 is 2.65 bits per heavy atom. The zero-order valence-electron chi connectivity index (χ0n) is 12.4. The molecule has 0 N–H and O–H groups in total. The monoisotopic (exact) mass is 327 g/mol. The van der Waals surface area contributed by atoms with Crippen LogP contribution in [-0.4, -0.2) is 21.0 Å². The van der Waals surface area contributed by atoms with Crippen LogP contribution in [0.25, 0.3) is 5.69 Å². The van der Waals surface area contributed by atoms with Gasteiger partial charge in [0.1, 0.15) is 12.3 Å². The number of para-hydroxylation sites is 1. The third-order valence-electron chi connectivity index (χ3n) is 3.33. The molecule has 0 aliphatic carbocycles. The average Bonchev–Trinajstić information content (AvgIpc) is 3.02. The molecule has 0 aliphatic heterocycles. The minimum Gasteiger partial charge on any atom is -0.455 e. The number of carbonyl (C=O) groups is 1. The van der Waals surface area contributed by atoms with E-state index >= 15 is 0 Å². The highest BCUT2D eigenvalue weighted by Crippen LogP contribution is 2.13. The molecule has 5 nitrogen and oxygen atoms in total. The summed E-state index contributed by atoms with van der Waals surface area (Å²) in [4.78, 5) is 11.9. The number of esters is 1. The van der Waals surface area contributed by atoms with Gasteiger partial charge in [-0.05, 0) is 42.8 Å². The van der Waals surface area contributed by atoms with Crippen molar-refractivity contribution in [1.82, 2.24) is 15.0 Å². The van der Waals surface area contributed by atoms with Gasteiger partial charge in [-0.2, -0.15) is 0 Å². The molecule has 0 saturated heterocycles. The minimum absolute atomic E-state index is 0.0628. The van der Waals surface area contributed by atoms with E-state index in [1.165, 1.54) is 0 Å². The van der Waals surface area contributed by atoms with Crippen molar-refractivity contribution in [3.05, 3.63) is 76.6 Å². The fourth-order valence-corrected chi connectivity index (χ4v) is 2.24. The van der Waals surface area contributed by atoms with Gasteiger partial charge in [-0.25, -0.2) is 9.48 Å². The number of rotatable bonds is 4. The predicted molar refractivity (Wildman–Crippen MR) is 86.7 cm³/mol. The zero-order valence-corrected chi connectivity index (χ0v) is 13.2. The van der Waals surface area contributed by atoms with Crippen molar-refractivity contribution >= 4 is 17.6 Å². The number of ether oxygens (including phenoxy) is 1. The first-order valence-corrected chi connectivity index (χ1v) is 7.41. The molecule has 3 rings (SSSR count). The van der Waals surface area contributed by atoms with Crippen LogP contribution in [0.4, 0.5) is 0 Å². The standard InChI is InChI=1S/C17H14ClN3O2/c1-12-4-2-3-5-16(12)21-10-15(19-20-21)11-23-17(22)13-6-8-14(18)9-7-13/h2-10H,11H2,1H3. The van der Waals surface area contributed by atoms with Gasteiger partial charge >= 0.3 is 5.97 Å². The molecule has 0 radical (unpaired) electrons. The SMILES string of the molecule is Cc1ccccc1-n1cc(COC(=O)c2ccc(Cl)cc2)nn1. The van der Waals surface area contributed by atoms with Crippen LogP contribution in [0, 0.1) is 6.92 Å². The first kappa shape index (κ1) is 15.2. The summed E-state index contributed by atoms with van der Waals surface area (Å²) in [6, 6.07) is 14.4. The number of carbonyl (C=O) groups excluding carboxylic acids is 1. The molecular formula is C17H14ClN3O2. The molecule has 2 aromatic carbocycles. The topological polar surface area (TPSA) is 57.0 Å². The van der Waals surface area contributed by atoms with E-state index in [4.69, 9.17) is 16.3 Å². The van der Waals surface area contributed by atoms with Crippen LogP contribution in [0.15, 0.2) is 54.7 Å². The Balaban J connectivity index is 1.67. The summed E-state index contributed by atoms with van der Waals surface area (Å²) in [6.07, 6.45) is 1.75. The molecule has 0 aliphatic rings. The quantitative estimate of drug-likeness (QED) is 0.687. The summed E-state index contributed by atoms with van der Waals surface area (Å²) in [5.74, 6) is -0.424. The first-order valence-electron chi connectivity index (χ1n) is 7.03. The van der Waals surface area contributed by atoms with Crippen LogP contribution in [-0.2, 0) is 11.3 Å². The third kappa shape index (κ3) is 3.57. The van der Waals surface area contributed by atoms with Gasteiger partial charge < -0.3 is 4.74 Å². The van der Waals surface area contributed by atoms with Gasteiger partial charge in [-0.15, -0.1) is 5.10 Å². The molecule has 1 aromatic heterocycles. The Kier molecular flexibility index (Phi) is 4.39. The third-order valence-corrected chi connectivity index (χ3v) is 3.59. The van der Waals surface area contributed by atoms with E-state index in [9.17, 15) is 4.79 Å². The second-order valence-corrected chi connectivity index (χ2v) is 5.46. The zero-order chi connectivity index (χ0) is 16.2. The van der Waals surface area contributed by atoms with Gasteiger partial charge in [-0.1, -0.05) is 35.0 Å². The summed E-state index contributed by atoms with van der Waals surface area (Å²) in [6.45, 7) is 2.06. The van der Waals surface area contributed by atoms with Crippen LogP contribution in [0.5, 0.6) is 0 Å². The summed E-state index contributed by atoms with van der Waals surface area (Å²) in [5, 5.41) is 8.67. The fourth-order valence-electron chi connectivity index (χ4n) is 2.11. The Morgan fingerprint density at radius 1 is 1.17 bits per heavy atom. The summed E-state index contributed by atoms with van der Waals surface area (Å²) in [7, 11) is 0. The van der Waals surface area contributed by atoms with E-state index in [0.717, 1.165) is 11.3 Å². The lowest BCUT2D eigenvalue weighted by Crippen LogP contribution is -2.05. The van der Waals surface area contributed by atoms with Crippen molar-refractivity contribution in [3.63, 3.8) is 0 Å². The van der Waals surface area contributed by atoms with Crippen LogP contribution >= 0.6 is 11.6 Å². The number of halogens is 1. The second-order valence-electron chi connectivity index (χ2n) is 5.02. The maximum absolute atomic E-state index is 11.9. The van der Waals surface area contributed by atoms with Gasteiger partial charge in [0.25, 0.3) is 0 Å². The van der Waals surface area contributed by atoms with Gasteiger partial charge in [0, 0.05) is 5.02 Å². The van der Waals surface area contributed by atoms with Gasteiger partial charge in [0.15, 0.2) is 0 Å². The van der Waals surface area contributed by atoms with E-state index in [-0.39, 0.29) is 6.61 Å². The number of benzene rings is 2. The van der Waals surface area contributed by atoms with Crippen molar-refractivity contribution < 1.29 is 9.53 Å². The van der Waals surface area contributed by atoms with E-state index in [0.29, 0.717) is 16.3 Å². The van der Waals surface area contributed by atoms with Gasteiger partial charge in [0.2, 0.25) is 0 Å². The molecule has 23 heavy (non-hydrogen) atoms. The molecule has 0 bridgehead atoms. The number of hydrogen-bond acceptors (Lipinski definition) is 4. The van der Waals surface area contributed by atoms with E-state index in [2.05, 4.69) is 10.3 Å². The molecule has 0 saturated carbocycles. The molecule has 6 heteroatoms. The number of hydrogen-bond donors (Lipinski definition) is 0. The van der Waals surface area contributed by atoms with Crippen LogP contribution in [0.2, 0.25) is 5.02 Å². The number of nitrogens with zero attached hydrogens (tertiary/aromatic N) is 3. The maximum atomic E-state index is 11.9. The Labute approximate surface area is 138 Å². The number of aromatic nitrogens is 3. The van der Waals surface area contributed by atoms with Crippen molar-refractivity contribution in [3.8, 4) is 5.69 Å². The molecule has 3 aromatic rings. The normalized spacial score (nSPS) is 10.5. The molecule has 0 fully saturated rings. The van der Waals surface area contributed by atoms with Crippen molar-refractivity contribution in [2.24, 2.45) is 0 Å². The fraction of sp³-hybridized carbons (Fsp3) is 0.118. The van der Waals surface area contributed by atoms with E-state index < -0.39 is 5.97 Å². The van der Waals surface area contributed by atoms with Crippen LogP contribution in [0.3, 0.4) is 0 Å². The lowest BCUT2D eigenvalue weighted by atomic mass is 10.2. The molecule has 0 unspecified atom stereocenters. The summed E-state index contributed by atoms with van der Waals surface area (Å²) >= 11 is 5.79. The van der Waals surface area contributed by atoms with Crippen molar-refractivity contribution in [2.45, 2.75) is 13.5 Å². The van der Waals surface area contributed by atoms with E-state index in [1.54, 1.807) is 35.1 Å². The number of aryl methyl sites for hydroxylation is 1. The lowest BCUT2D eigenvalue weighted by molar-refractivity contribution is 0.0467. The van der Waals surface area contributed by atoms with Crippen LogP contribution in [0.1, 0.15) is 21.6 Å². The van der Waals surface area contributed by atoms with Crippen molar-refractivity contribution in [1.29, 1.82) is 0 Å². The smallest absolute Gasteiger partial charge is 0.338 e. The largest absolute Gasteiger partial charge is 0.455 e. The predicted octanol–water partition coefficient (Wildman–Crippen LogP) is 3.59. The highest BCUT2D eigenvalue weighted by Gasteiger charge is 2.10. The average molecular weight is 328 g/mol. The summed E-state index contributed by atoms with van der Waals surface area (Å²) < 4.78 is 6.90. The first-order chi connectivity index (χ1) is 11.1. The second kappa shape index (κ2) is 6.62. The minimum atomic E-state index is -0.424. The molecule has 0 atom stereocenters. The van der Waals surface area contributed by atoms with Crippen LogP contribution < -0.4 is 0 Å². The molecule has 1 heterocycles. The summed E-state index contributed by atoms with van der Waals surface area (Å²) in [5.41, 5.74) is 3.05. The highest BCUT2D eigenvalue weighted by atomic mass is 35.5. The Morgan fingerprint density at radius 2 is 1.91 bits per heavy atom. The Bertz CT molecular complexity index is 828. The van der Waals surface area contributed by atoms with E-state index in [1.807, 2.05) is 31.2 Å². The molecule has 0 spiro atoms. The molecule has 116 valence electrons. The maximum Gasteiger partial charge on any atom is 0.338 e. The van der Waals surface area contributed by atoms with Crippen molar-refractivity contribution in [2.75, 3.05) is 0 Å². The molecule has 0 amide bonds. The molecular weight excluding hydrogens is 314 g/mol. The van der Waals surface area contributed by atoms with Gasteiger partial charge in [0.05, 0.1) is 17.4 Å². The Hall–Kier alpha value is -2.66.